The van der Waals surface area contributed by atoms with E-state index in [0.717, 1.165) is 31.5 Å². The number of aromatic nitrogens is 2. The SMILES string of the molecule is CCNC(CCc1ccncc1)Cc1ccccn1. The van der Waals surface area contributed by atoms with Crippen LogP contribution in [0.5, 0.6) is 0 Å². The summed E-state index contributed by atoms with van der Waals surface area (Å²) in [6.45, 7) is 3.14. The predicted molar refractivity (Wildman–Crippen MR) is 78.0 cm³/mol. The van der Waals surface area contributed by atoms with E-state index in [1.54, 1.807) is 0 Å². The second-order valence-electron chi connectivity index (χ2n) is 4.67. The molecule has 0 radical (unpaired) electrons. The topological polar surface area (TPSA) is 37.8 Å². The summed E-state index contributed by atoms with van der Waals surface area (Å²) in [5, 5.41) is 3.55. The summed E-state index contributed by atoms with van der Waals surface area (Å²) in [4.78, 5) is 8.46. The van der Waals surface area contributed by atoms with E-state index in [1.165, 1.54) is 5.56 Å². The molecule has 2 aromatic heterocycles. The van der Waals surface area contributed by atoms with Crippen LogP contribution in [0.25, 0.3) is 0 Å². The smallest absolute Gasteiger partial charge is 0.0419 e. The van der Waals surface area contributed by atoms with Gasteiger partial charge in [-0.1, -0.05) is 13.0 Å². The first-order valence-corrected chi connectivity index (χ1v) is 6.90. The first kappa shape index (κ1) is 13.7. The zero-order valence-corrected chi connectivity index (χ0v) is 11.4. The molecule has 19 heavy (non-hydrogen) atoms. The van der Waals surface area contributed by atoms with Crippen LogP contribution in [0.2, 0.25) is 0 Å². The van der Waals surface area contributed by atoms with Gasteiger partial charge in [-0.2, -0.15) is 0 Å². The van der Waals surface area contributed by atoms with Crippen molar-refractivity contribution in [3.63, 3.8) is 0 Å². The van der Waals surface area contributed by atoms with Gasteiger partial charge < -0.3 is 5.32 Å². The Morgan fingerprint density at radius 3 is 2.63 bits per heavy atom. The number of likely N-dealkylation sites (N-methyl/N-ethyl adjacent to an activating group) is 1. The van der Waals surface area contributed by atoms with Gasteiger partial charge in [0, 0.05) is 36.7 Å². The van der Waals surface area contributed by atoms with Crippen molar-refractivity contribution in [2.45, 2.75) is 32.2 Å². The van der Waals surface area contributed by atoms with Gasteiger partial charge in [-0.3, -0.25) is 9.97 Å². The van der Waals surface area contributed by atoms with E-state index < -0.39 is 0 Å². The summed E-state index contributed by atoms with van der Waals surface area (Å²) in [6, 6.07) is 10.8. The highest BCUT2D eigenvalue weighted by molar-refractivity contribution is 5.11. The molecule has 0 saturated carbocycles. The van der Waals surface area contributed by atoms with E-state index in [1.807, 2.05) is 30.7 Å². The Bertz CT molecular complexity index is 456. The second-order valence-corrected chi connectivity index (χ2v) is 4.67. The number of hydrogen-bond acceptors (Lipinski definition) is 3. The summed E-state index contributed by atoms with van der Waals surface area (Å²) in [6.07, 6.45) is 8.76. The minimum absolute atomic E-state index is 0.480. The van der Waals surface area contributed by atoms with Crippen molar-refractivity contribution in [2.24, 2.45) is 0 Å². The van der Waals surface area contributed by atoms with Crippen molar-refractivity contribution < 1.29 is 0 Å². The van der Waals surface area contributed by atoms with E-state index in [-0.39, 0.29) is 0 Å². The highest BCUT2D eigenvalue weighted by atomic mass is 14.9. The highest BCUT2D eigenvalue weighted by Gasteiger charge is 2.09. The molecule has 0 aliphatic carbocycles. The molecular formula is C16H21N3. The van der Waals surface area contributed by atoms with E-state index in [0.29, 0.717) is 6.04 Å². The fourth-order valence-corrected chi connectivity index (χ4v) is 2.23. The van der Waals surface area contributed by atoms with Crippen LogP contribution >= 0.6 is 0 Å². The average Bonchev–Trinajstić information content (AvgIpc) is 2.47. The van der Waals surface area contributed by atoms with Crippen molar-refractivity contribution in [2.75, 3.05) is 6.54 Å². The monoisotopic (exact) mass is 255 g/mol. The molecule has 3 nitrogen and oxygen atoms in total. The van der Waals surface area contributed by atoms with Crippen LogP contribution in [0.3, 0.4) is 0 Å². The molecule has 3 heteroatoms. The van der Waals surface area contributed by atoms with Crippen molar-refractivity contribution in [3.8, 4) is 0 Å². The molecule has 2 heterocycles. The normalized spacial score (nSPS) is 12.3. The Hall–Kier alpha value is -1.74. The standard InChI is InChI=1S/C16H21N3/c1-2-18-16(13-15-5-3-4-10-19-15)7-6-14-8-11-17-12-9-14/h3-5,8-12,16,18H,2,6-7,13H2,1H3. The van der Waals surface area contributed by atoms with Gasteiger partial charge in [0.25, 0.3) is 0 Å². The van der Waals surface area contributed by atoms with Crippen LogP contribution in [-0.4, -0.2) is 22.6 Å². The largest absolute Gasteiger partial charge is 0.314 e. The molecule has 0 saturated heterocycles. The lowest BCUT2D eigenvalue weighted by Crippen LogP contribution is -2.31. The van der Waals surface area contributed by atoms with Crippen LogP contribution in [0.1, 0.15) is 24.6 Å². The molecular weight excluding hydrogens is 234 g/mol. The molecule has 0 spiro atoms. The van der Waals surface area contributed by atoms with E-state index in [2.05, 4.69) is 40.4 Å². The minimum Gasteiger partial charge on any atom is -0.314 e. The molecule has 2 rings (SSSR count). The van der Waals surface area contributed by atoms with Gasteiger partial charge >= 0.3 is 0 Å². The maximum Gasteiger partial charge on any atom is 0.0419 e. The average molecular weight is 255 g/mol. The highest BCUT2D eigenvalue weighted by Crippen LogP contribution is 2.08. The first-order valence-electron chi connectivity index (χ1n) is 6.90. The molecule has 1 unspecified atom stereocenters. The number of hydrogen-bond donors (Lipinski definition) is 1. The summed E-state index contributed by atoms with van der Waals surface area (Å²) in [5.74, 6) is 0. The minimum atomic E-state index is 0.480. The number of aryl methyl sites for hydroxylation is 1. The van der Waals surface area contributed by atoms with Crippen molar-refractivity contribution in [1.82, 2.24) is 15.3 Å². The van der Waals surface area contributed by atoms with E-state index in [9.17, 15) is 0 Å². The molecule has 0 amide bonds. The fourth-order valence-electron chi connectivity index (χ4n) is 2.23. The van der Waals surface area contributed by atoms with Crippen molar-refractivity contribution in [1.29, 1.82) is 0 Å². The summed E-state index contributed by atoms with van der Waals surface area (Å²) in [5.41, 5.74) is 2.50. The van der Waals surface area contributed by atoms with Crippen LogP contribution < -0.4 is 5.32 Å². The molecule has 0 aliphatic heterocycles. The molecule has 0 aromatic carbocycles. The van der Waals surface area contributed by atoms with Gasteiger partial charge in [0.1, 0.15) is 0 Å². The Balaban J connectivity index is 1.89. The lowest BCUT2D eigenvalue weighted by Gasteiger charge is -2.17. The quantitative estimate of drug-likeness (QED) is 0.826. The third-order valence-electron chi connectivity index (χ3n) is 3.21. The van der Waals surface area contributed by atoms with E-state index >= 15 is 0 Å². The van der Waals surface area contributed by atoms with Gasteiger partial charge in [-0.05, 0) is 49.2 Å². The maximum absolute atomic E-state index is 4.41. The van der Waals surface area contributed by atoms with Gasteiger partial charge in [0.05, 0.1) is 0 Å². The lowest BCUT2D eigenvalue weighted by molar-refractivity contribution is 0.487. The molecule has 0 bridgehead atoms. The number of rotatable bonds is 7. The first-order chi connectivity index (χ1) is 9.38. The zero-order valence-electron chi connectivity index (χ0n) is 11.4. The number of nitrogens with one attached hydrogen (secondary N) is 1. The molecule has 0 aliphatic rings. The van der Waals surface area contributed by atoms with Crippen LogP contribution in [-0.2, 0) is 12.8 Å². The number of pyridine rings is 2. The van der Waals surface area contributed by atoms with Crippen LogP contribution in [0.15, 0.2) is 48.9 Å². The van der Waals surface area contributed by atoms with Gasteiger partial charge in [0.2, 0.25) is 0 Å². The third-order valence-corrected chi connectivity index (χ3v) is 3.21. The van der Waals surface area contributed by atoms with Crippen LogP contribution in [0, 0.1) is 0 Å². The number of nitrogens with zero attached hydrogens (tertiary/aromatic N) is 2. The van der Waals surface area contributed by atoms with E-state index in [4.69, 9.17) is 0 Å². The van der Waals surface area contributed by atoms with Gasteiger partial charge in [0.15, 0.2) is 0 Å². The Morgan fingerprint density at radius 1 is 1.11 bits per heavy atom. The Kier molecular flexibility index (Phi) is 5.50. The molecule has 1 atom stereocenters. The summed E-state index contributed by atoms with van der Waals surface area (Å²) in [7, 11) is 0. The molecule has 0 fully saturated rings. The fraction of sp³-hybridized carbons (Fsp3) is 0.375. The molecule has 100 valence electrons. The zero-order chi connectivity index (χ0) is 13.3. The Labute approximate surface area is 115 Å². The Morgan fingerprint density at radius 2 is 1.95 bits per heavy atom. The van der Waals surface area contributed by atoms with Crippen molar-refractivity contribution >= 4 is 0 Å². The summed E-state index contributed by atoms with van der Waals surface area (Å²) >= 11 is 0. The third kappa shape index (κ3) is 4.79. The maximum atomic E-state index is 4.41. The lowest BCUT2D eigenvalue weighted by atomic mass is 10.0. The predicted octanol–water partition coefficient (Wildman–Crippen LogP) is 2.63. The molecule has 1 N–H and O–H groups in total. The van der Waals surface area contributed by atoms with Crippen LogP contribution in [0.4, 0.5) is 0 Å². The van der Waals surface area contributed by atoms with Gasteiger partial charge in [-0.15, -0.1) is 0 Å². The summed E-state index contributed by atoms with van der Waals surface area (Å²) < 4.78 is 0. The second kappa shape index (κ2) is 7.64. The molecule has 2 aromatic rings. The van der Waals surface area contributed by atoms with Gasteiger partial charge in [-0.25, -0.2) is 0 Å². The van der Waals surface area contributed by atoms with Crippen molar-refractivity contribution in [3.05, 3.63) is 60.2 Å².